The standard InChI is InChI=1S/C9H8N2O3/c1-2-14-9(13)8-6(5-10)3-4-7(12)11-8/h3-4H,2H2,1H3,(H,11,12). The first-order chi connectivity index (χ1) is 6.69. The zero-order valence-electron chi connectivity index (χ0n) is 7.53. The number of hydrogen-bond donors (Lipinski definition) is 1. The maximum Gasteiger partial charge on any atom is 0.356 e. The van der Waals surface area contributed by atoms with Crippen molar-refractivity contribution in [3.63, 3.8) is 0 Å². The van der Waals surface area contributed by atoms with Gasteiger partial charge in [0.05, 0.1) is 12.2 Å². The maximum absolute atomic E-state index is 11.2. The predicted molar refractivity (Wildman–Crippen MR) is 47.7 cm³/mol. The number of hydrogen-bond acceptors (Lipinski definition) is 4. The topological polar surface area (TPSA) is 83.0 Å². The summed E-state index contributed by atoms with van der Waals surface area (Å²) in [6, 6.07) is 4.26. The number of H-pyrrole nitrogens is 1. The molecule has 72 valence electrons. The van der Waals surface area contributed by atoms with Gasteiger partial charge in [-0.1, -0.05) is 0 Å². The summed E-state index contributed by atoms with van der Waals surface area (Å²) >= 11 is 0. The second-order valence-corrected chi connectivity index (χ2v) is 2.44. The summed E-state index contributed by atoms with van der Waals surface area (Å²) < 4.78 is 4.67. The molecule has 0 aliphatic carbocycles. The van der Waals surface area contributed by atoms with Gasteiger partial charge in [-0.2, -0.15) is 5.26 Å². The van der Waals surface area contributed by atoms with E-state index in [0.717, 1.165) is 0 Å². The molecular formula is C9H8N2O3. The van der Waals surface area contributed by atoms with Crippen molar-refractivity contribution in [1.82, 2.24) is 4.98 Å². The molecule has 0 aromatic carbocycles. The Labute approximate surface area is 79.9 Å². The van der Waals surface area contributed by atoms with Crippen LogP contribution >= 0.6 is 0 Å². The van der Waals surface area contributed by atoms with Crippen LogP contribution < -0.4 is 5.56 Å². The third-order valence-electron chi connectivity index (χ3n) is 1.52. The fraction of sp³-hybridized carbons (Fsp3) is 0.222. The minimum atomic E-state index is -0.693. The number of nitrogens with zero attached hydrogens (tertiary/aromatic N) is 1. The Morgan fingerprint density at radius 3 is 2.93 bits per heavy atom. The monoisotopic (exact) mass is 192 g/mol. The Bertz CT molecular complexity index is 442. The highest BCUT2D eigenvalue weighted by Crippen LogP contribution is 2.02. The van der Waals surface area contributed by atoms with Crippen molar-refractivity contribution in [2.45, 2.75) is 6.92 Å². The van der Waals surface area contributed by atoms with E-state index in [1.807, 2.05) is 0 Å². The zero-order valence-corrected chi connectivity index (χ0v) is 7.53. The summed E-state index contributed by atoms with van der Waals surface area (Å²) in [7, 11) is 0. The molecule has 1 N–H and O–H groups in total. The van der Waals surface area contributed by atoms with E-state index in [2.05, 4.69) is 9.72 Å². The van der Waals surface area contributed by atoms with E-state index in [-0.39, 0.29) is 17.9 Å². The van der Waals surface area contributed by atoms with Gasteiger partial charge in [-0.25, -0.2) is 4.79 Å². The minimum Gasteiger partial charge on any atom is -0.461 e. The van der Waals surface area contributed by atoms with Crippen LogP contribution in [0.2, 0.25) is 0 Å². The zero-order chi connectivity index (χ0) is 10.6. The molecule has 5 heteroatoms. The lowest BCUT2D eigenvalue weighted by Gasteiger charge is -2.01. The molecule has 0 aliphatic heterocycles. The first-order valence-electron chi connectivity index (χ1n) is 3.99. The molecule has 0 spiro atoms. The van der Waals surface area contributed by atoms with Gasteiger partial charge in [-0.05, 0) is 13.0 Å². The van der Waals surface area contributed by atoms with Gasteiger partial charge in [0, 0.05) is 6.07 Å². The van der Waals surface area contributed by atoms with E-state index in [1.165, 1.54) is 12.1 Å². The second kappa shape index (κ2) is 4.23. The van der Waals surface area contributed by atoms with Gasteiger partial charge in [0.1, 0.15) is 11.8 Å². The Balaban J connectivity index is 3.18. The number of carbonyl (C=O) groups is 1. The van der Waals surface area contributed by atoms with Crippen LogP contribution in [0.15, 0.2) is 16.9 Å². The highest BCUT2D eigenvalue weighted by Gasteiger charge is 2.12. The molecule has 1 aromatic heterocycles. The lowest BCUT2D eigenvalue weighted by Crippen LogP contribution is -2.16. The first kappa shape index (κ1) is 9.99. The van der Waals surface area contributed by atoms with E-state index < -0.39 is 11.5 Å². The molecule has 0 atom stereocenters. The number of nitrogens with one attached hydrogen (secondary N) is 1. The van der Waals surface area contributed by atoms with Crippen molar-refractivity contribution in [1.29, 1.82) is 5.26 Å². The third-order valence-corrected chi connectivity index (χ3v) is 1.52. The van der Waals surface area contributed by atoms with E-state index in [4.69, 9.17) is 5.26 Å². The Kier molecular flexibility index (Phi) is 3.02. The average Bonchev–Trinajstić information content (AvgIpc) is 2.18. The number of rotatable bonds is 2. The molecule has 0 saturated carbocycles. The third kappa shape index (κ3) is 1.98. The molecule has 1 heterocycles. The fourth-order valence-electron chi connectivity index (χ4n) is 0.932. The van der Waals surface area contributed by atoms with Crippen LogP contribution in [-0.4, -0.2) is 17.6 Å². The molecule has 1 aromatic rings. The molecule has 0 aliphatic rings. The average molecular weight is 192 g/mol. The van der Waals surface area contributed by atoms with Crippen molar-refractivity contribution in [3.8, 4) is 6.07 Å². The summed E-state index contributed by atoms with van der Waals surface area (Å²) in [5.74, 6) is -0.693. The molecule has 0 fully saturated rings. The number of aromatic nitrogens is 1. The van der Waals surface area contributed by atoms with Crippen LogP contribution in [0.5, 0.6) is 0 Å². The highest BCUT2D eigenvalue weighted by molar-refractivity contribution is 5.89. The molecule has 0 amide bonds. The lowest BCUT2D eigenvalue weighted by atomic mass is 10.2. The molecule has 1 rings (SSSR count). The van der Waals surface area contributed by atoms with Crippen molar-refractivity contribution in [2.24, 2.45) is 0 Å². The second-order valence-electron chi connectivity index (χ2n) is 2.44. The van der Waals surface area contributed by atoms with Gasteiger partial charge >= 0.3 is 5.97 Å². The van der Waals surface area contributed by atoms with E-state index >= 15 is 0 Å². The van der Waals surface area contributed by atoms with Crippen molar-refractivity contribution >= 4 is 5.97 Å². The van der Waals surface area contributed by atoms with E-state index in [9.17, 15) is 9.59 Å². The smallest absolute Gasteiger partial charge is 0.356 e. The van der Waals surface area contributed by atoms with Crippen molar-refractivity contribution in [2.75, 3.05) is 6.61 Å². The van der Waals surface area contributed by atoms with Crippen molar-refractivity contribution < 1.29 is 9.53 Å². The van der Waals surface area contributed by atoms with Crippen LogP contribution in [0.3, 0.4) is 0 Å². The Morgan fingerprint density at radius 1 is 1.64 bits per heavy atom. The number of esters is 1. The molecule has 0 saturated heterocycles. The number of aromatic amines is 1. The van der Waals surface area contributed by atoms with Gasteiger partial charge in [0.2, 0.25) is 5.56 Å². The number of nitriles is 1. The maximum atomic E-state index is 11.2. The summed E-state index contributed by atoms with van der Waals surface area (Å²) in [4.78, 5) is 24.4. The molecular weight excluding hydrogens is 184 g/mol. The lowest BCUT2D eigenvalue weighted by molar-refractivity contribution is 0.0518. The van der Waals surface area contributed by atoms with Gasteiger partial charge in [0.25, 0.3) is 0 Å². The van der Waals surface area contributed by atoms with Crippen LogP contribution in [0.4, 0.5) is 0 Å². The van der Waals surface area contributed by atoms with Crippen LogP contribution in [-0.2, 0) is 4.74 Å². The Morgan fingerprint density at radius 2 is 2.36 bits per heavy atom. The fourth-order valence-corrected chi connectivity index (χ4v) is 0.932. The molecule has 0 radical (unpaired) electrons. The van der Waals surface area contributed by atoms with Crippen LogP contribution in [0, 0.1) is 11.3 Å². The van der Waals surface area contributed by atoms with E-state index in [1.54, 1.807) is 13.0 Å². The number of pyridine rings is 1. The van der Waals surface area contributed by atoms with Gasteiger partial charge in [-0.15, -0.1) is 0 Å². The molecule has 0 unspecified atom stereocenters. The summed E-state index contributed by atoms with van der Waals surface area (Å²) in [5, 5.41) is 8.65. The normalized spacial score (nSPS) is 9.14. The summed E-state index contributed by atoms with van der Waals surface area (Å²) in [5.41, 5.74) is -0.433. The number of carbonyl (C=O) groups excluding carboxylic acids is 1. The largest absolute Gasteiger partial charge is 0.461 e. The molecule has 5 nitrogen and oxygen atoms in total. The quantitative estimate of drug-likeness (QED) is 0.688. The minimum absolute atomic E-state index is 0.0955. The van der Waals surface area contributed by atoms with Gasteiger partial charge in [-0.3, -0.25) is 4.79 Å². The molecule has 0 bridgehead atoms. The molecule has 14 heavy (non-hydrogen) atoms. The van der Waals surface area contributed by atoms with Crippen LogP contribution in [0.25, 0.3) is 0 Å². The van der Waals surface area contributed by atoms with Crippen LogP contribution in [0.1, 0.15) is 23.0 Å². The van der Waals surface area contributed by atoms with E-state index in [0.29, 0.717) is 0 Å². The first-order valence-corrected chi connectivity index (χ1v) is 3.99. The van der Waals surface area contributed by atoms with Gasteiger partial charge in [0.15, 0.2) is 0 Å². The van der Waals surface area contributed by atoms with Gasteiger partial charge < -0.3 is 9.72 Å². The predicted octanol–water partition coefficient (Wildman–Crippen LogP) is 0.423. The SMILES string of the molecule is CCOC(=O)c1[nH]c(=O)ccc1C#N. The Hall–Kier alpha value is -2.09. The highest BCUT2D eigenvalue weighted by atomic mass is 16.5. The summed E-state index contributed by atoms with van der Waals surface area (Å²) in [6.45, 7) is 1.84. The van der Waals surface area contributed by atoms with Crippen molar-refractivity contribution in [3.05, 3.63) is 33.7 Å². The number of ether oxygens (including phenoxy) is 1. The summed E-state index contributed by atoms with van der Waals surface area (Å²) in [6.07, 6.45) is 0.